The minimum absolute atomic E-state index is 0.0678. The minimum atomic E-state index is -0.268. The molecule has 19 heavy (non-hydrogen) atoms. The maximum atomic E-state index is 11.9. The second-order valence-corrected chi connectivity index (χ2v) is 4.24. The number of aromatic nitrogens is 2. The van der Waals surface area contributed by atoms with E-state index in [0.717, 1.165) is 5.69 Å². The molecular weight excluding hydrogens is 242 g/mol. The molecule has 1 aromatic carbocycles. The number of hydrogen-bond acceptors (Lipinski definition) is 3. The van der Waals surface area contributed by atoms with Gasteiger partial charge in [0.1, 0.15) is 0 Å². The fourth-order valence-electron chi connectivity index (χ4n) is 1.71. The van der Waals surface area contributed by atoms with Crippen molar-refractivity contribution < 1.29 is 9.90 Å². The van der Waals surface area contributed by atoms with Gasteiger partial charge in [0, 0.05) is 6.20 Å². The van der Waals surface area contributed by atoms with Crippen molar-refractivity contribution in [3.05, 3.63) is 48.3 Å². The first kappa shape index (κ1) is 13.3. The second-order valence-electron chi connectivity index (χ2n) is 4.24. The van der Waals surface area contributed by atoms with E-state index in [-0.39, 0.29) is 18.6 Å². The Morgan fingerprint density at radius 3 is 2.74 bits per heavy atom. The van der Waals surface area contributed by atoms with E-state index in [0.29, 0.717) is 12.1 Å². The molecule has 0 bridgehead atoms. The SMILES string of the molecule is CCC(CO)NC(=O)c1ccn(-c2ccccc2)n1. The van der Waals surface area contributed by atoms with Crippen molar-refractivity contribution in [3.8, 4) is 5.69 Å². The number of aliphatic hydroxyl groups is 1. The Balaban J connectivity index is 2.11. The van der Waals surface area contributed by atoms with Crippen molar-refractivity contribution in [1.29, 1.82) is 0 Å². The molecule has 0 saturated carbocycles. The maximum absolute atomic E-state index is 11.9. The lowest BCUT2D eigenvalue weighted by Crippen LogP contribution is -2.37. The fraction of sp³-hybridized carbons (Fsp3) is 0.286. The molecule has 1 aromatic heterocycles. The van der Waals surface area contributed by atoms with Gasteiger partial charge in [0.15, 0.2) is 5.69 Å². The normalized spacial score (nSPS) is 12.1. The zero-order valence-electron chi connectivity index (χ0n) is 10.8. The molecule has 2 rings (SSSR count). The van der Waals surface area contributed by atoms with Gasteiger partial charge in [-0.3, -0.25) is 4.79 Å². The van der Waals surface area contributed by atoms with Gasteiger partial charge in [0.05, 0.1) is 18.3 Å². The lowest BCUT2D eigenvalue weighted by atomic mass is 10.2. The van der Waals surface area contributed by atoms with Crippen LogP contribution in [0.15, 0.2) is 42.6 Å². The quantitative estimate of drug-likeness (QED) is 0.852. The van der Waals surface area contributed by atoms with Crippen LogP contribution in [0, 0.1) is 0 Å². The maximum Gasteiger partial charge on any atom is 0.272 e. The summed E-state index contributed by atoms with van der Waals surface area (Å²) in [5.74, 6) is -0.268. The number of nitrogens with one attached hydrogen (secondary N) is 1. The molecule has 1 heterocycles. The van der Waals surface area contributed by atoms with Crippen LogP contribution in [0.3, 0.4) is 0 Å². The molecular formula is C14H17N3O2. The van der Waals surface area contributed by atoms with Crippen LogP contribution in [-0.2, 0) is 0 Å². The van der Waals surface area contributed by atoms with Crippen molar-refractivity contribution in [2.24, 2.45) is 0 Å². The number of carbonyl (C=O) groups is 1. The van der Waals surface area contributed by atoms with Crippen LogP contribution in [0.25, 0.3) is 5.69 Å². The Labute approximate surface area is 111 Å². The van der Waals surface area contributed by atoms with Crippen LogP contribution in [-0.4, -0.2) is 33.4 Å². The smallest absolute Gasteiger partial charge is 0.272 e. The summed E-state index contributed by atoms with van der Waals surface area (Å²) >= 11 is 0. The van der Waals surface area contributed by atoms with Crippen LogP contribution < -0.4 is 5.32 Å². The number of hydrogen-bond donors (Lipinski definition) is 2. The summed E-state index contributed by atoms with van der Waals surface area (Å²) in [6.07, 6.45) is 2.42. The monoisotopic (exact) mass is 259 g/mol. The first-order chi connectivity index (χ1) is 9.24. The summed E-state index contributed by atoms with van der Waals surface area (Å²) in [6, 6.07) is 11.0. The molecule has 5 heteroatoms. The van der Waals surface area contributed by atoms with E-state index < -0.39 is 0 Å². The molecule has 0 radical (unpaired) electrons. The fourth-order valence-corrected chi connectivity index (χ4v) is 1.71. The number of nitrogens with zero attached hydrogens (tertiary/aromatic N) is 2. The number of rotatable bonds is 5. The highest BCUT2D eigenvalue weighted by molar-refractivity contribution is 5.92. The standard InChI is InChI=1S/C14H17N3O2/c1-2-11(10-18)15-14(19)13-8-9-17(16-13)12-6-4-3-5-7-12/h3-9,11,18H,2,10H2,1H3,(H,15,19). The van der Waals surface area contributed by atoms with Crippen molar-refractivity contribution in [3.63, 3.8) is 0 Å². The van der Waals surface area contributed by atoms with Gasteiger partial charge in [-0.15, -0.1) is 0 Å². The van der Waals surface area contributed by atoms with E-state index in [9.17, 15) is 4.79 Å². The van der Waals surface area contributed by atoms with E-state index in [2.05, 4.69) is 10.4 Å². The third-order valence-corrected chi connectivity index (χ3v) is 2.89. The zero-order valence-corrected chi connectivity index (χ0v) is 10.8. The molecule has 0 aliphatic heterocycles. The molecule has 2 N–H and O–H groups in total. The van der Waals surface area contributed by atoms with Crippen LogP contribution in [0.4, 0.5) is 0 Å². The summed E-state index contributed by atoms with van der Waals surface area (Å²) in [7, 11) is 0. The Bertz CT molecular complexity index is 533. The van der Waals surface area contributed by atoms with Gasteiger partial charge >= 0.3 is 0 Å². The minimum Gasteiger partial charge on any atom is -0.394 e. The average Bonchev–Trinajstić information content (AvgIpc) is 2.95. The summed E-state index contributed by atoms with van der Waals surface area (Å²) in [5.41, 5.74) is 1.24. The van der Waals surface area contributed by atoms with Crippen LogP contribution >= 0.6 is 0 Å². The predicted molar refractivity (Wildman–Crippen MR) is 72.2 cm³/mol. The third-order valence-electron chi connectivity index (χ3n) is 2.89. The first-order valence-corrected chi connectivity index (χ1v) is 6.27. The predicted octanol–water partition coefficient (Wildman–Crippen LogP) is 1.37. The van der Waals surface area contributed by atoms with Gasteiger partial charge in [0.2, 0.25) is 0 Å². The number of carbonyl (C=O) groups excluding carboxylic acids is 1. The summed E-state index contributed by atoms with van der Waals surface area (Å²) < 4.78 is 1.65. The van der Waals surface area contributed by atoms with Crippen LogP contribution in [0.1, 0.15) is 23.8 Å². The molecule has 0 spiro atoms. The lowest BCUT2D eigenvalue weighted by Gasteiger charge is -2.12. The number of aliphatic hydroxyl groups excluding tert-OH is 1. The van der Waals surface area contributed by atoms with Crippen molar-refractivity contribution >= 4 is 5.91 Å². The largest absolute Gasteiger partial charge is 0.394 e. The van der Waals surface area contributed by atoms with Crippen LogP contribution in [0.5, 0.6) is 0 Å². The molecule has 2 aromatic rings. The van der Waals surface area contributed by atoms with E-state index in [1.54, 1.807) is 16.9 Å². The molecule has 1 atom stereocenters. The van der Waals surface area contributed by atoms with Crippen molar-refractivity contribution in [2.45, 2.75) is 19.4 Å². The molecule has 100 valence electrons. The lowest BCUT2D eigenvalue weighted by molar-refractivity contribution is 0.0909. The van der Waals surface area contributed by atoms with Crippen LogP contribution in [0.2, 0.25) is 0 Å². The first-order valence-electron chi connectivity index (χ1n) is 6.27. The molecule has 0 fully saturated rings. The van der Waals surface area contributed by atoms with Gasteiger partial charge in [-0.25, -0.2) is 4.68 Å². The Hall–Kier alpha value is -2.14. The highest BCUT2D eigenvalue weighted by Crippen LogP contribution is 2.07. The van der Waals surface area contributed by atoms with Gasteiger partial charge in [0.25, 0.3) is 5.91 Å². The van der Waals surface area contributed by atoms with Gasteiger partial charge in [-0.05, 0) is 24.6 Å². The third kappa shape index (κ3) is 3.20. The topological polar surface area (TPSA) is 67.2 Å². The highest BCUT2D eigenvalue weighted by atomic mass is 16.3. The Morgan fingerprint density at radius 2 is 2.11 bits per heavy atom. The van der Waals surface area contributed by atoms with E-state index in [1.807, 2.05) is 37.3 Å². The van der Waals surface area contributed by atoms with Crippen molar-refractivity contribution in [2.75, 3.05) is 6.61 Å². The highest BCUT2D eigenvalue weighted by Gasteiger charge is 2.13. The van der Waals surface area contributed by atoms with Gasteiger partial charge < -0.3 is 10.4 Å². The molecule has 0 aliphatic rings. The van der Waals surface area contributed by atoms with E-state index in [1.165, 1.54) is 0 Å². The molecule has 5 nitrogen and oxygen atoms in total. The van der Waals surface area contributed by atoms with Gasteiger partial charge in [-0.1, -0.05) is 25.1 Å². The molecule has 1 amide bonds. The number of benzene rings is 1. The second kappa shape index (κ2) is 6.15. The number of para-hydroxylation sites is 1. The number of amides is 1. The average molecular weight is 259 g/mol. The Morgan fingerprint density at radius 1 is 1.37 bits per heavy atom. The van der Waals surface area contributed by atoms with E-state index in [4.69, 9.17) is 5.11 Å². The van der Waals surface area contributed by atoms with Gasteiger partial charge in [-0.2, -0.15) is 5.10 Å². The molecule has 1 unspecified atom stereocenters. The summed E-state index contributed by atoms with van der Waals surface area (Å²) in [5, 5.41) is 16.0. The summed E-state index contributed by atoms with van der Waals surface area (Å²) in [4.78, 5) is 11.9. The summed E-state index contributed by atoms with van der Waals surface area (Å²) in [6.45, 7) is 1.84. The zero-order chi connectivity index (χ0) is 13.7. The van der Waals surface area contributed by atoms with Crippen molar-refractivity contribution in [1.82, 2.24) is 15.1 Å². The van der Waals surface area contributed by atoms with E-state index >= 15 is 0 Å². The molecule has 0 aliphatic carbocycles. The Kier molecular flexibility index (Phi) is 4.30. The molecule has 0 saturated heterocycles.